The van der Waals surface area contributed by atoms with E-state index in [0.717, 1.165) is 45.5 Å². The van der Waals surface area contributed by atoms with E-state index in [1.54, 1.807) is 0 Å². The Bertz CT molecular complexity index is 1270. The molecule has 35 heavy (non-hydrogen) atoms. The first kappa shape index (κ1) is 24.8. The maximum Gasteiger partial charge on any atom is 0.303 e. The summed E-state index contributed by atoms with van der Waals surface area (Å²) in [6, 6.07) is 21.6. The SMILES string of the molecule is CN(C)CCc1cccc(N=C(c2ccc(CCC(=O)O)cc2)C2C(=O)Nc3cc(Br)ccc32)c1. The van der Waals surface area contributed by atoms with E-state index < -0.39 is 11.9 Å². The lowest BCUT2D eigenvalue weighted by molar-refractivity contribution is -0.137. The second-order valence-corrected chi connectivity index (χ2v) is 9.88. The largest absolute Gasteiger partial charge is 0.481 e. The molecule has 1 aliphatic rings. The number of aryl methyl sites for hydroxylation is 1. The number of aliphatic carboxylic acids is 1. The normalized spacial score (nSPS) is 15.3. The van der Waals surface area contributed by atoms with Crippen LogP contribution in [0.5, 0.6) is 0 Å². The van der Waals surface area contributed by atoms with Gasteiger partial charge in [-0.1, -0.05) is 58.4 Å². The summed E-state index contributed by atoms with van der Waals surface area (Å²) in [5.41, 5.74) is 6.07. The van der Waals surface area contributed by atoms with Crippen LogP contribution in [0.2, 0.25) is 0 Å². The minimum Gasteiger partial charge on any atom is -0.481 e. The van der Waals surface area contributed by atoms with Crippen molar-refractivity contribution in [3.05, 3.63) is 93.5 Å². The number of aliphatic imine (C=N–C) groups is 1. The van der Waals surface area contributed by atoms with Gasteiger partial charge in [-0.25, -0.2) is 0 Å². The van der Waals surface area contributed by atoms with Crippen molar-refractivity contribution in [1.29, 1.82) is 0 Å². The molecule has 7 heteroatoms. The van der Waals surface area contributed by atoms with Gasteiger partial charge in [0.1, 0.15) is 5.92 Å². The van der Waals surface area contributed by atoms with Crippen molar-refractivity contribution in [1.82, 2.24) is 4.90 Å². The molecule has 1 aliphatic heterocycles. The van der Waals surface area contributed by atoms with Crippen molar-refractivity contribution in [3.63, 3.8) is 0 Å². The number of anilines is 1. The van der Waals surface area contributed by atoms with Gasteiger partial charge in [-0.3, -0.25) is 14.6 Å². The average Bonchev–Trinajstić information content (AvgIpc) is 3.15. The maximum atomic E-state index is 13.2. The molecule has 0 saturated heterocycles. The first-order valence-electron chi connectivity index (χ1n) is 11.5. The van der Waals surface area contributed by atoms with Gasteiger partial charge in [0.15, 0.2) is 0 Å². The van der Waals surface area contributed by atoms with Crippen molar-refractivity contribution >= 4 is 44.9 Å². The molecular weight excluding hydrogens is 506 g/mol. The number of benzene rings is 3. The fraction of sp³-hybridized carbons (Fsp3) is 0.250. The van der Waals surface area contributed by atoms with Crippen molar-refractivity contribution < 1.29 is 14.7 Å². The van der Waals surface area contributed by atoms with Crippen molar-refractivity contribution in [2.24, 2.45) is 4.99 Å². The molecule has 180 valence electrons. The Morgan fingerprint density at radius 3 is 2.51 bits per heavy atom. The summed E-state index contributed by atoms with van der Waals surface area (Å²) in [6.07, 6.45) is 1.44. The Morgan fingerprint density at radius 2 is 1.80 bits per heavy atom. The molecule has 0 saturated carbocycles. The number of likely N-dealkylation sites (N-methyl/N-ethyl adjacent to an activating group) is 1. The van der Waals surface area contributed by atoms with Crippen LogP contribution in [0.4, 0.5) is 11.4 Å². The van der Waals surface area contributed by atoms with Gasteiger partial charge in [-0.15, -0.1) is 0 Å². The Morgan fingerprint density at radius 1 is 1.03 bits per heavy atom. The maximum absolute atomic E-state index is 13.2. The molecular formula is C28H28BrN3O3. The van der Waals surface area contributed by atoms with Crippen LogP contribution in [0.25, 0.3) is 0 Å². The third-order valence-electron chi connectivity index (χ3n) is 6.00. The van der Waals surface area contributed by atoms with Crippen LogP contribution in [-0.4, -0.2) is 48.2 Å². The molecule has 0 spiro atoms. The van der Waals surface area contributed by atoms with Crippen LogP contribution in [0.15, 0.2) is 76.2 Å². The first-order valence-corrected chi connectivity index (χ1v) is 12.3. The minimum atomic E-state index is -0.823. The summed E-state index contributed by atoms with van der Waals surface area (Å²) in [4.78, 5) is 31.3. The van der Waals surface area contributed by atoms with Crippen LogP contribution in [0.3, 0.4) is 0 Å². The molecule has 1 unspecified atom stereocenters. The smallest absolute Gasteiger partial charge is 0.303 e. The summed E-state index contributed by atoms with van der Waals surface area (Å²) in [5, 5.41) is 12.0. The topological polar surface area (TPSA) is 82.0 Å². The highest BCUT2D eigenvalue weighted by molar-refractivity contribution is 9.10. The number of rotatable bonds is 9. The highest BCUT2D eigenvalue weighted by Gasteiger charge is 2.35. The number of carboxylic acid groups (broad SMARTS) is 1. The number of carbonyl (C=O) groups is 2. The summed E-state index contributed by atoms with van der Waals surface area (Å²) in [5.74, 6) is -1.49. The van der Waals surface area contributed by atoms with Crippen LogP contribution < -0.4 is 5.32 Å². The number of nitrogens with one attached hydrogen (secondary N) is 1. The predicted octanol–water partition coefficient (Wildman–Crippen LogP) is 5.43. The Balaban J connectivity index is 1.74. The molecule has 0 radical (unpaired) electrons. The molecule has 4 rings (SSSR count). The first-order chi connectivity index (χ1) is 16.8. The highest BCUT2D eigenvalue weighted by Crippen LogP contribution is 2.38. The van der Waals surface area contributed by atoms with E-state index in [2.05, 4.69) is 52.4 Å². The molecule has 1 amide bonds. The number of halogens is 1. The summed E-state index contributed by atoms with van der Waals surface area (Å²) in [7, 11) is 4.10. The van der Waals surface area contributed by atoms with Crippen LogP contribution in [-0.2, 0) is 22.4 Å². The zero-order valence-electron chi connectivity index (χ0n) is 19.8. The number of hydrogen-bond acceptors (Lipinski definition) is 4. The Kier molecular flexibility index (Phi) is 7.78. The predicted molar refractivity (Wildman–Crippen MR) is 143 cm³/mol. The van der Waals surface area contributed by atoms with Crippen LogP contribution in [0.1, 0.15) is 34.6 Å². The molecule has 3 aromatic rings. The van der Waals surface area contributed by atoms with Gasteiger partial charge >= 0.3 is 5.97 Å². The van der Waals surface area contributed by atoms with E-state index in [-0.39, 0.29) is 12.3 Å². The van der Waals surface area contributed by atoms with E-state index in [1.807, 2.05) is 54.6 Å². The number of amides is 1. The summed E-state index contributed by atoms with van der Waals surface area (Å²) < 4.78 is 0.895. The molecule has 6 nitrogen and oxygen atoms in total. The quantitative estimate of drug-likeness (QED) is 0.359. The van der Waals surface area contributed by atoms with Crippen molar-refractivity contribution in [2.45, 2.75) is 25.2 Å². The molecule has 0 aliphatic carbocycles. The highest BCUT2D eigenvalue weighted by atomic mass is 79.9. The zero-order chi connectivity index (χ0) is 24.9. The van der Waals surface area contributed by atoms with E-state index in [1.165, 1.54) is 5.56 Å². The number of carboxylic acids is 1. The van der Waals surface area contributed by atoms with Gasteiger partial charge in [-0.2, -0.15) is 0 Å². The van der Waals surface area contributed by atoms with Gasteiger partial charge in [0.25, 0.3) is 0 Å². The number of fused-ring (bicyclic) bond motifs is 1. The van der Waals surface area contributed by atoms with Crippen LogP contribution >= 0.6 is 15.9 Å². The average molecular weight is 534 g/mol. The van der Waals surface area contributed by atoms with Gasteiger partial charge in [0.2, 0.25) is 5.91 Å². The third kappa shape index (κ3) is 6.24. The Hall–Kier alpha value is -3.29. The fourth-order valence-corrected chi connectivity index (χ4v) is 4.53. The number of carbonyl (C=O) groups excluding carboxylic acids is 1. The second kappa shape index (κ2) is 11.0. The van der Waals surface area contributed by atoms with Crippen LogP contribution in [0, 0.1) is 0 Å². The lowest BCUT2D eigenvalue weighted by atomic mass is 9.90. The van der Waals surface area contributed by atoms with Crippen molar-refractivity contribution in [3.8, 4) is 0 Å². The molecule has 0 bridgehead atoms. The standard InChI is InChI=1S/C28H28BrN3O3/c1-32(2)15-14-19-4-3-5-22(16-19)30-27(20-9-6-18(7-10-20)8-13-25(33)34)26-23-12-11-21(29)17-24(23)31-28(26)35/h3-7,9-12,16-17,26H,8,13-15H2,1-2H3,(H,31,35)(H,33,34). The van der Waals surface area contributed by atoms with Gasteiger partial charge in [-0.05, 0) is 73.5 Å². The lowest BCUT2D eigenvalue weighted by Crippen LogP contribution is -2.22. The summed E-state index contributed by atoms with van der Waals surface area (Å²) in [6.45, 7) is 0.936. The third-order valence-corrected chi connectivity index (χ3v) is 6.50. The van der Waals surface area contributed by atoms with E-state index in [9.17, 15) is 9.59 Å². The molecule has 3 aromatic carbocycles. The van der Waals surface area contributed by atoms with Gasteiger partial charge in [0.05, 0.1) is 11.4 Å². The number of nitrogens with zero attached hydrogens (tertiary/aromatic N) is 2. The minimum absolute atomic E-state index is 0.0767. The summed E-state index contributed by atoms with van der Waals surface area (Å²) >= 11 is 3.48. The zero-order valence-corrected chi connectivity index (χ0v) is 21.4. The van der Waals surface area contributed by atoms with E-state index in [0.29, 0.717) is 12.1 Å². The monoisotopic (exact) mass is 533 g/mol. The van der Waals surface area contributed by atoms with E-state index in [4.69, 9.17) is 10.1 Å². The van der Waals surface area contributed by atoms with Gasteiger partial charge < -0.3 is 15.3 Å². The Labute approximate surface area is 213 Å². The molecule has 1 heterocycles. The van der Waals surface area contributed by atoms with Gasteiger partial charge in [0, 0.05) is 23.1 Å². The number of hydrogen-bond donors (Lipinski definition) is 2. The molecule has 0 fully saturated rings. The molecule has 2 N–H and O–H groups in total. The van der Waals surface area contributed by atoms with Crippen molar-refractivity contribution in [2.75, 3.05) is 26.0 Å². The van der Waals surface area contributed by atoms with E-state index >= 15 is 0 Å². The molecule has 0 aromatic heterocycles. The lowest BCUT2D eigenvalue weighted by Gasteiger charge is -2.15. The molecule has 1 atom stereocenters. The second-order valence-electron chi connectivity index (χ2n) is 8.96. The fourth-order valence-electron chi connectivity index (χ4n) is 4.17.